The molecule has 33 heavy (non-hydrogen) atoms. The maximum absolute atomic E-state index is 13.3. The second kappa shape index (κ2) is 8.27. The van der Waals surface area contributed by atoms with E-state index in [2.05, 4.69) is 15.3 Å². The van der Waals surface area contributed by atoms with Crippen LogP contribution in [0.5, 0.6) is 5.75 Å². The second-order valence-corrected chi connectivity index (χ2v) is 7.74. The van der Waals surface area contributed by atoms with E-state index in [-0.39, 0.29) is 12.5 Å². The van der Waals surface area contributed by atoms with Crippen molar-refractivity contribution in [1.82, 2.24) is 24.8 Å². The Morgan fingerprint density at radius 2 is 2.00 bits per heavy atom. The summed E-state index contributed by atoms with van der Waals surface area (Å²) in [6.45, 7) is 0.431. The molecule has 4 aromatic rings. The number of benzene rings is 2. The molecule has 0 saturated heterocycles. The number of fused-ring (bicyclic) bond motifs is 2. The molecule has 2 N–H and O–H groups in total. The summed E-state index contributed by atoms with van der Waals surface area (Å²) >= 11 is 0. The second-order valence-electron chi connectivity index (χ2n) is 7.74. The van der Waals surface area contributed by atoms with Gasteiger partial charge >= 0.3 is 6.09 Å². The molecular formula is C24H21N5O4. The van der Waals surface area contributed by atoms with Gasteiger partial charge < -0.3 is 24.6 Å². The van der Waals surface area contributed by atoms with Crippen LogP contribution in [0.1, 0.15) is 27.5 Å². The summed E-state index contributed by atoms with van der Waals surface area (Å²) < 4.78 is 7.14. The fourth-order valence-electron chi connectivity index (χ4n) is 4.23. The Morgan fingerprint density at radius 3 is 2.76 bits per heavy atom. The third-order valence-corrected chi connectivity index (χ3v) is 5.85. The molecule has 2 amide bonds. The number of nitrogens with zero attached hydrogens (tertiary/aromatic N) is 4. The Balaban J connectivity index is 1.52. The molecule has 0 radical (unpaired) electrons. The smallest absolute Gasteiger partial charge is 0.404 e. The number of carbonyl (C=O) groups is 2. The van der Waals surface area contributed by atoms with Crippen LogP contribution in [0.15, 0.2) is 67.3 Å². The summed E-state index contributed by atoms with van der Waals surface area (Å²) in [6.07, 6.45) is 4.00. The molecule has 9 nitrogen and oxygen atoms in total. The molecule has 1 atom stereocenters. The molecule has 0 saturated carbocycles. The van der Waals surface area contributed by atoms with E-state index < -0.39 is 12.1 Å². The molecule has 0 spiro atoms. The van der Waals surface area contributed by atoms with Crippen LogP contribution in [0.4, 0.5) is 4.79 Å². The summed E-state index contributed by atoms with van der Waals surface area (Å²) in [5.74, 6) is 0.593. The van der Waals surface area contributed by atoms with Gasteiger partial charge in [-0.3, -0.25) is 4.79 Å². The molecule has 0 bridgehead atoms. The number of aromatic nitrogens is 3. The highest BCUT2D eigenvalue weighted by atomic mass is 16.5. The Bertz CT molecular complexity index is 1350. The van der Waals surface area contributed by atoms with Crippen LogP contribution in [0.3, 0.4) is 0 Å². The van der Waals surface area contributed by atoms with Gasteiger partial charge in [0.05, 0.1) is 13.2 Å². The van der Waals surface area contributed by atoms with E-state index in [9.17, 15) is 14.7 Å². The van der Waals surface area contributed by atoms with Gasteiger partial charge in [-0.25, -0.2) is 14.8 Å². The largest absolute Gasteiger partial charge is 0.497 e. The van der Waals surface area contributed by atoms with Gasteiger partial charge in [-0.2, -0.15) is 0 Å². The van der Waals surface area contributed by atoms with Gasteiger partial charge in [-0.1, -0.05) is 12.1 Å². The first-order chi connectivity index (χ1) is 16.0. The Kier molecular flexibility index (Phi) is 5.14. The van der Waals surface area contributed by atoms with E-state index in [1.165, 1.54) is 6.33 Å². The van der Waals surface area contributed by atoms with Crippen molar-refractivity contribution in [2.45, 2.75) is 12.6 Å². The first kappa shape index (κ1) is 20.5. The number of hydrogen-bond acceptors (Lipinski definition) is 5. The quantitative estimate of drug-likeness (QED) is 0.473. The lowest BCUT2D eigenvalue weighted by Crippen LogP contribution is -2.35. The van der Waals surface area contributed by atoms with Crippen molar-refractivity contribution in [1.29, 1.82) is 0 Å². The molecule has 1 unspecified atom stereocenters. The lowest BCUT2D eigenvalue weighted by atomic mass is 10.0. The standard InChI is InChI=1S/C24H21N5O4/c1-33-18-5-2-15(3-6-18)13-29-21(12-26-24(31)32)20-10-17(4-7-19(20)23(29)30)28-9-8-16-11-25-14-27-22(16)28/h2-11,14,21,26H,12-13H2,1H3,(H,31,32). The first-order valence-electron chi connectivity index (χ1n) is 10.4. The first-order valence-corrected chi connectivity index (χ1v) is 10.4. The van der Waals surface area contributed by atoms with Crippen LogP contribution >= 0.6 is 0 Å². The molecule has 9 heteroatoms. The minimum Gasteiger partial charge on any atom is -0.497 e. The highest BCUT2D eigenvalue weighted by molar-refractivity contribution is 5.99. The minimum absolute atomic E-state index is 0.0856. The van der Waals surface area contributed by atoms with Crippen molar-refractivity contribution in [3.8, 4) is 11.4 Å². The average Bonchev–Trinajstić information content (AvgIpc) is 3.37. The van der Waals surface area contributed by atoms with Gasteiger partial charge in [0.15, 0.2) is 0 Å². The van der Waals surface area contributed by atoms with Gasteiger partial charge in [-0.05, 0) is 47.5 Å². The number of carboxylic acid groups (broad SMARTS) is 1. The zero-order valence-electron chi connectivity index (χ0n) is 17.8. The van der Waals surface area contributed by atoms with Crippen LogP contribution in [-0.2, 0) is 6.54 Å². The molecule has 2 aromatic heterocycles. The average molecular weight is 443 g/mol. The van der Waals surface area contributed by atoms with Crippen LogP contribution in [-0.4, -0.2) is 50.2 Å². The lowest BCUT2D eigenvalue weighted by molar-refractivity contribution is 0.0706. The van der Waals surface area contributed by atoms with Crippen LogP contribution in [0.2, 0.25) is 0 Å². The van der Waals surface area contributed by atoms with Crippen molar-refractivity contribution < 1.29 is 19.4 Å². The topological polar surface area (TPSA) is 110 Å². The van der Waals surface area contributed by atoms with Gasteiger partial charge in [0.2, 0.25) is 0 Å². The van der Waals surface area contributed by atoms with E-state index in [1.54, 1.807) is 24.3 Å². The number of rotatable bonds is 6. The molecule has 1 aliphatic rings. The van der Waals surface area contributed by atoms with Crippen molar-refractivity contribution in [3.05, 3.63) is 83.9 Å². The van der Waals surface area contributed by atoms with E-state index in [1.807, 2.05) is 53.2 Å². The summed E-state index contributed by atoms with van der Waals surface area (Å²) in [6, 6.07) is 14.5. The van der Waals surface area contributed by atoms with Gasteiger partial charge in [0.25, 0.3) is 5.91 Å². The summed E-state index contributed by atoms with van der Waals surface area (Å²) in [5, 5.41) is 12.5. The van der Waals surface area contributed by atoms with Crippen LogP contribution < -0.4 is 10.1 Å². The van der Waals surface area contributed by atoms with Crippen molar-refractivity contribution in [3.63, 3.8) is 0 Å². The maximum atomic E-state index is 13.3. The molecule has 5 rings (SSSR count). The molecule has 166 valence electrons. The molecule has 1 aliphatic heterocycles. The van der Waals surface area contributed by atoms with E-state index in [4.69, 9.17) is 4.74 Å². The van der Waals surface area contributed by atoms with Gasteiger partial charge in [0, 0.05) is 42.1 Å². The molecule has 0 aliphatic carbocycles. The predicted octanol–water partition coefficient (Wildman–Crippen LogP) is 3.39. The lowest BCUT2D eigenvalue weighted by Gasteiger charge is -2.25. The summed E-state index contributed by atoms with van der Waals surface area (Å²) in [5.41, 5.74) is 3.85. The molecule has 2 aromatic carbocycles. The van der Waals surface area contributed by atoms with Gasteiger partial charge in [0.1, 0.15) is 17.7 Å². The van der Waals surface area contributed by atoms with Crippen LogP contribution in [0, 0.1) is 0 Å². The number of amides is 2. The van der Waals surface area contributed by atoms with Crippen LogP contribution in [0.25, 0.3) is 16.7 Å². The third-order valence-electron chi connectivity index (χ3n) is 5.85. The Hall–Kier alpha value is -4.40. The normalized spacial score (nSPS) is 15.0. The maximum Gasteiger partial charge on any atom is 0.404 e. The summed E-state index contributed by atoms with van der Waals surface area (Å²) in [4.78, 5) is 34.6. The minimum atomic E-state index is -1.13. The SMILES string of the molecule is COc1ccc(CN2C(=O)c3ccc(-n4ccc5cncnc54)cc3C2CNC(=O)O)cc1. The Morgan fingerprint density at radius 1 is 1.18 bits per heavy atom. The number of nitrogens with one attached hydrogen (secondary N) is 1. The summed E-state index contributed by atoms with van der Waals surface area (Å²) in [7, 11) is 1.60. The third kappa shape index (κ3) is 3.73. The van der Waals surface area contributed by atoms with Gasteiger partial charge in [-0.15, -0.1) is 0 Å². The number of ether oxygens (including phenoxy) is 1. The van der Waals surface area contributed by atoms with E-state index >= 15 is 0 Å². The van der Waals surface area contributed by atoms with E-state index in [0.29, 0.717) is 12.1 Å². The zero-order valence-corrected chi connectivity index (χ0v) is 17.8. The highest BCUT2D eigenvalue weighted by Gasteiger charge is 2.37. The monoisotopic (exact) mass is 443 g/mol. The number of carbonyl (C=O) groups excluding carboxylic acids is 1. The van der Waals surface area contributed by atoms with E-state index in [0.717, 1.165) is 33.6 Å². The van der Waals surface area contributed by atoms with Crippen molar-refractivity contribution in [2.24, 2.45) is 0 Å². The highest BCUT2D eigenvalue weighted by Crippen LogP contribution is 2.36. The molecule has 0 fully saturated rings. The zero-order chi connectivity index (χ0) is 22.9. The molecule has 3 heterocycles. The predicted molar refractivity (Wildman–Crippen MR) is 121 cm³/mol. The number of hydrogen-bond donors (Lipinski definition) is 2. The fourth-order valence-corrected chi connectivity index (χ4v) is 4.23. The number of methoxy groups -OCH3 is 1. The molecular weight excluding hydrogens is 422 g/mol. The van der Waals surface area contributed by atoms with Crippen molar-refractivity contribution in [2.75, 3.05) is 13.7 Å². The fraction of sp³-hybridized carbons (Fsp3) is 0.167. The van der Waals surface area contributed by atoms with Crippen molar-refractivity contribution >= 4 is 23.0 Å². The Labute approximate surface area is 189 Å².